The Kier molecular flexibility index (Phi) is 5.58. The van der Waals surface area contributed by atoms with Gasteiger partial charge in [0.25, 0.3) is 0 Å². The van der Waals surface area contributed by atoms with Gasteiger partial charge >= 0.3 is 16.9 Å². The van der Waals surface area contributed by atoms with Crippen LogP contribution in [0.2, 0.25) is 0 Å². The lowest BCUT2D eigenvalue weighted by Crippen LogP contribution is -2.43. The smallest absolute Gasteiger partial charge is 0.353 e. The van der Waals surface area contributed by atoms with Crippen molar-refractivity contribution in [2.24, 2.45) is 0 Å². The third-order valence-electron chi connectivity index (χ3n) is 4.59. The third kappa shape index (κ3) is 3.79. The number of ether oxygens (including phenoxy) is 1. The van der Waals surface area contributed by atoms with Crippen molar-refractivity contribution in [2.45, 2.75) is 19.8 Å². The maximum Gasteiger partial charge on any atom is 0.353 e. The van der Waals surface area contributed by atoms with Crippen molar-refractivity contribution in [1.29, 1.82) is 0 Å². The first-order valence-corrected chi connectivity index (χ1v) is 8.67. The number of halogens is 1. The standard InChI is InChI=1S/C20H18FN3O5/c1-13-17(24(27)28)19(25)23(18(21)15-6-4-3-5-7-15)20(26)22(13)12-14-8-10-16(29-2)11-9-14/h3-11,18H,12H2,1-2H3. The summed E-state index contributed by atoms with van der Waals surface area (Å²) in [4.78, 5) is 36.2. The summed E-state index contributed by atoms with van der Waals surface area (Å²) in [5, 5.41) is 11.5. The van der Waals surface area contributed by atoms with Crippen LogP contribution in [0.1, 0.15) is 23.1 Å². The molecule has 0 fully saturated rings. The van der Waals surface area contributed by atoms with E-state index in [4.69, 9.17) is 4.74 Å². The number of benzene rings is 2. The summed E-state index contributed by atoms with van der Waals surface area (Å²) in [7, 11) is 1.51. The van der Waals surface area contributed by atoms with Gasteiger partial charge in [-0.3, -0.25) is 19.5 Å². The second-order valence-electron chi connectivity index (χ2n) is 6.33. The third-order valence-corrected chi connectivity index (χ3v) is 4.59. The summed E-state index contributed by atoms with van der Waals surface area (Å²) >= 11 is 0. The SMILES string of the molecule is COc1ccc(Cn2c(C)c([N+](=O)[O-])c(=O)n(C(F)c3ccccc3)c2=O)cc1. The maximum atomic E-state index is 15.1. The van der Waals surface area contributed by atoms with Crippen molar-refractivity contribution < 1.29 is 14.1 Å². The van der Waals surface area contributed by atoms with Gasteiger partial charge in [0.1, 0.15) is 11.4 Å². The highest BCUT2D eigenvalue weighted by Gasteiger charge is 2.29. The average Bonchev–Trinajstić information content (AvgIpc) is 2.72. The number of methoxy groups -OCH3 is 1. The minimum Gasteiger partial charge on any atom is -0.497 e. The molecule has 0 aliphatic heterocycles. The summed E-state index contributed by atoms with van der Waals surface area (Å²) < 4.78 is 21.5. The van der Waals surface area contributed by atoms with Crippen molar-refractivity contribution in [3.8, 4) is 5.75 Å². The first-order valence-electron chi connectivity index (χ1n) is 8.67. The van der Waals surface area contributed by atoms with E-state index >= 15 is 4.39 Å². The first-order chi connectivity index (χ1) is 13.8. The Bertz CT molecular complexity index is 1150. The Morgan fingerprint density at radius 2 is 1.72 bits per heavy atom. The molecule has 9 heteroatoms. The number of hydrogen-bond donors (Lipinski definition) is 0. The second kappa shape index (κ2) is 8.09. The fourth-order valence-corrected chi connectivity index (χ4v) is 3.03. The molecule has 1 heterocycles. The van der Waals surface area contributed by atoms with Gasteiger partial charge in [-0.15, -0.1) is 0 Å². The van der Waals surface area contributed by atoms with Crippen LogP contribution in [0.25, 0.3) is 0 Å². The van der Waals surface area contributed by atoms with Gasteiger partial charge in [-0.05, 0) is 24.6 Å². The topological polar surface area (TPSA) is 96.4 Å². The molecule has 0 aliphatic carbocycles. The number of rotatable bonds is 6. The summed E-state index contributed by atoms with van der Waals surface area (Å²) in [6.07, 6.45) is -2.15. The van der Waals surface area contributed by atoms with Gasteiger partial charge in [-0.1, -0.05) is 42.5 Å². The van der Waals surface area contributed by atoms with E-state index in [-0.39, 0.29) is 22.4 Å². The Labute approximate surface area is 164 Å². The van der Waals surface area contributed by atoms with E-state index in [1.165, 1.54) is 26.2 Å². The van der Waals surface area contributed by atoms with Crippen molar-refractivity contribution in [2.75, 3.05) is 7.11 Å². The summed E-state index contributed by atoms with van der Waals surface area (Å²) in [5.74, 6) is 0.599. The Morgan fingerprint density at radius 3 is 2.28 bits per heavy atom. The lowest BCUT2D eigenvalue weighted by Gasteiger charge is -2.16. The van der Waals surface area contributed by atoms with E-state index in [0.29, 0.717) is 11.3 Å². The molecule has 1 atom stereocenters. The Balaban J connectivity index is 2.20. The fraction of sp³-hybridized carbons (Fsp3) is 0.200. The monoisotopic (exact) mass is 399 g/mol. The Morgan fingerprint density at radius 1 is 1.10 bits per heavy atom. The van der Waals surface area contributed by atoms with Crippen molar-refractivity contribution in [1.82, 2.24) is 9.13 Å². The van der Waals surface area contributed by atoms with E-state index in [2.05, 4.69) is 0 Å². The number of nitro groups is 1. The molecular formula is C20H18FN3O5. The maximum absolute atomic E-state index is 15.1. The van der Waals surface area contributed by atoms with Crippen LogP contribution >= 0.6 is 0 Å². The van der Waals surface area contributed by atoms with Crippen LogP contribution in [0.15, 0.2) is 64.2 Å². The van der Waals surface area contributed by atoms with Crippen LogP contribution in [0, 0.1) is 17.0 Å². The molecule has 3 rings (SSSR count). The largest absolute Gasteiger partial charge is 0.497 e. The molecule has 150 valence electrons. The lowest BCUT2D eigenvalue weighted by atomic mass is 10.2. The van der Waals surface area contributed by atoms with E-state index < -0.39 is 28.2 Å². The zero-order chi connectivity index (χ0) is 21.1. The normalized spacial score (nSPS) is 11.8. The number of hydrogen-bond acceptors (Lipinski definition) is 5. The predicted molar refractivity (Wildman–Crippen MR) is 104 cm³/mol. The van der Waals surface area contributed by atoms with E-state index in [1.807, 2.05) is 0 Å². The van der Waals surface area contributed by atoms with Gasteiger partial charge in [-0.2, -0.15) is 0 Å². The summed E-state index contributed by atoms with van der Waals surface area (Å²) in [5.41, 5.74) is -2.55. The zero-order valence-corrected chi connectivity index (χ0v) is 15.7. The summed E-state index contributed by atoms with van der Waals surface area (Å²) in [6, 6.07) is 14.2. The minimum atomic E-state index is -2.15. The Hall–Kier alpha value is -3.75. The van der Waals surface area contributed by atoms with Crippen LogP contribution in [0.3, 0.4) is 0 Å². The van der Waals surface area contributed by atoms with E-state index in [1.54, 1.807) is 42.5 Å². The highest BCUT2D eigenvalue weighted by molar-refractivity contribution is 5.34. The molecular weight excluding hydrogens is 381 g/mol. The highest BCUT2D eigenvalue weighted by Crippen LogP contribution is 2.20. The van der Waals surface area contributed by atoms with Gasteiger partial charge in [0, 0.05) is 5.56 Å². The fourth-order valence-electron chi connectivity index (χ4n) is 3.03. The van der Waals surface area contributed by atoms with Crippen molar-refractivity contribution in [3.05, 3.63) is 102 Å². The number of nitrogens with zero attached hydrogens (tertiary/aromatic N) is 3. The van der Waals surface area contributed by atoms with Gasteiger partial charge in [0.15, 0.2) is 0 Å². The molecule has 0 N–H and O–H groups in total. The molecule has 29 heavy (non-hydrogen) atoms. The summed E-state index contributed by atoms with van der Waals surface area (Å²) in [6.45, 7) is 1.22. The predicted octanol–water partition coefficient (Wildman–Crippen LogP) is 2.80. The second-order valence-corrected chi connectivity index (χ2v) is 6.33. The molecule has 0 saturated heterocycles. The zero-order valence-electron chi connectivity index (χ0n) is 15.7. The molecule has 1 unspecified atom stereocenters. The van der Waals surface area contributed by atoms with Crippen LogP contribution in [0.4, 0.5) is 10.1 Å². The quantitative estimate of drug-likeness (QED) is 0.469. The highest BCUT2D eigenvalue weighted by atomic mass is 19.1. The van der Waals surface area contributed by atoms with E-state index in [9.17, 15) is 19.7 Å². The minimum absolute atomic E-state index is 0.0425. The van der Waals surface area contributed by atoms with Crippen LogP contribution in [-0.4, -0.2) is 21.2 Å². The average molecular weight is 399 g/mol. The molecule has 0 saturated carbocycles. The molecule has 1 aromatic heterocycles. The van der Waals surface area contributed by atoms with Gasteiger partial charge in [0.05, 0.1) is 18.6 Å². The van der Waals surface area contributed by atoms with Crippen molar-refractivity contribution >= 4 is 5.69 Å². The van der Waals surface area contributed by atoms with E-state index in [0.717, 1.165) is 4.57 Å². The van der Waals surface area contributed by atoms with Gasteiger partial charge in [0.2, 0.25) is 6.30 Å². The molecule has 0 aliphatic rings. The number of alkyl halides is 1. The lowest BCUT2D eigenvalue weighted by molar-refractivity contribution is -0.387. The van der Waals surface area contributed by atoms with Gasteiger partial charge in [-0.25, -0.2) is 13.8 Å². The molecule has 8 nitrogen and oxygen atoms in total. The molecule has 0 radical (unpaired) electrons. The molecule has 0 spiro atoms. The van der Waals surface area contributed by atoms with Crippen LogP contribution < -0.4 is 16.0 Å². The van der Waals surface area contributed by atoms with Crippen LogP contribution in [-0.2, 0) is 6.54 Å². The van der Waals surface area contributed by atoms with Crippen molar-refractivity contribution in [3.63, 3.8) is 0 Å². The first kappa shape index (κ1) is 20.0. The number of aromatic nitrogens is 2. The van der Waals surface area contributed by atoms with Gasteiger partial charge < -0.3 is 4.74 Å². The van der Waals surface area contributed by atoms with Crippen LogP contribution in [0.5, 0.6) is 5.75 Å². The molecule has 0 bridgehead atoms. The molecule has 3 aromatic rings. The molecule has 2 aromatic carbocycles. The molecule has 0 amide bonds.